The smallest absolute Gasteiger partial charge is 0.407 e. The third kappa shape index (κ3) is 8.08. The van der Waals surface area contributed by atoms with Gasteiger partial charge in [0.2, 0.25) is 11.8 Å². The first kappa shape index (κ1) is 43.0. The summed E-state index contributed by atoms with van der Waals surface area (Å²) in [6.07, 6.45) is 6.91. The largest absolute Gasteiger partial charge is 0.453 e. The Balaban J connectivity index is 0.894. The molecule has 4 fully saturated rings. The first-order valence-corrected chi connectivity index (χ1v) is 22.0. The van der Waals surface area contributed by atoms with Gasteiger partial charge in [-0.15, -0.1) is 0 Å². The molecule has 4 amide bonds. The Morgan fingerprint density at radius 2 is 1.25 bits per heavy atom. The fourth-order valence-corrected chi connectivity index (χ4v) is 10.2. The number of nitrogens with one attached hydrogen (secondary N) is 4. The first-order chi connectivity index (χ1) is 30.9. The number of ether oxygens (including phenoxy) is 4. The monoisotopic (exact) mass is 872 g/mol. The minimum atomic E-state index is -0.899. The van der Waals surface area contributed by atoms with Crippen LogP contribution in [0.1, 0.15) is 76.1 Å². The highest BCUT2D eigenvalue weighted by Crippen LogP contribution is 2.58. The van der Waals surface area contributed by atoms with Gasteiger partial charge in [0.05, 0.1) is 62.3 Å². The van der Waals surface area contributed by atoms with E-state index in [-0.39, 0.29) is 41.3 Å². The molecule has 9 rings (SSSR count). The molecule has 2 aliphatic heterocycles. The lowest BCUT2D eigenvalue weighted by atomic mass is 9.96. The Morgan fingerprint density at radius 3 is 1.88 bits per heavy atom. The number of carbonyl (C=O) groups excluding carboxylic acids is 4. The molecule has 4 heterocycles. The maximum Gasteiger partial charge on any atom is 0.407 e. The normalized spacial score (nSPS) is 22.6. The van der Waals surface area contributed by atoms with E-state index in [1.807, 2.05) is 22.2 Å². The number of rotatable bonds is 13. The van der Waals surface area contributed by atoms with Gasteiger partial charge >= 0.3 is 12.2 Å². The van der Waals surface area contributed by atoms with Gasteiger partial charge in [-0.25, -0.2) is 19.6 Å². The van der Waals surface area contributed by atoms with Crippen LogP contribution in [0.2, 0.25) is 0 Å². The predicted octanol–water partition coefficient (Wildman–Crippen LogP) is 6.91. The van der Waals surface area contributed by atoms with Crippen LogP contribution in [0.25, 0.3) is 44.4 Å². The van der Waals surface area contributed by atoms with E-state index in [1.165, 1.54) is 28.4 Å². The average Bonchev–Trinajstić information content (AvgIpc) is 3.96. The molecular formula is C48H56N8O8. The molecule has 2 saturated carbocycles. The Bertz CT molecular complexity index is 2550. The Hall–Kier alpha value is -6.26. The molecule has 16 heteroatoms. The lowest BCUT2D eigenvalue weighted by Crippen LogP contribution is -2.56. The molecule has 4 N–H and O–H groups in total. The van der Waals surface area contributed by atoms with Gasteiger partial charge in [-0.2, -0.15) is 0 Å². The molecule has 0 radical (unpaired) electrons. The number of hydrogen-bond acceptors (Lipinski definition) is 10. The zero-order valence-corrected chi connectivity index (χ0v) is 37.1. The summed E-state index contributed by atoms with van der Waals surface area (Å²) < 4.78 is 20.6. The highest BCUT2D eigenvalue weighted by atomic mass is 16.5. The number of nitrogens with zero attached hydrogens (tertiary/aromatic N) is 4. The van der Waals surface area contributed by atoms with Gasteiger partial charge in [-0.05, 0) is 103 Å². The van der Waals surface area contributed by atoms with Crippen LogP contribution in [-0.2, 0) is 28.5 Å². The molecule has 2 aliphatic carbocycles. The van der Waals surface area contributed by atoms with Crippen molar-refractivity contribution in [3.8, 4) is 33.6 Å². The number of aromatic amines is 2. The Kier molecular flexibility index (Phi) is 11.7. The van der Waals surface area contributed by atoms with Gasteiger partial charge < -0.3 is 49.3 Å². The molecule has 4 aliphatic rings. The van der Waals surface area contributed by atoms with Gasteiger partial charge in [0.15, 0.2) is 0 Å². The summed E-state index contributed by atoms with van der Waals surface area (Å²) in [7, 11) is 5.59. The number of fused-ring (bicyclic) bond motifs is 3. The van der Waals surface area contributed by atoms with Crippen molar-refractivity contribution in [3.05, 3.63) is 84.7 Å². The van der Waals surface area contributed by atoms with E-state index < -0.39 is 36.5 Å². The summed E-state index contributed by atoms with van der Waals surface area (Å²) in [5, 5.41) is 7.54. The van der Waals surface area contributed by atoms with Crippen LogP contribution in [-0.4, -0.2) is 119 Å². The van der Waals surface area contributed by atoms with Gasteiger partial charge in [0, 0.05) is 32.4 Å². The van der Waals surface area contributed by atoms with Gasteiger partial charge in [-0.3, -0.25) is 9.59 Å². The van der Waals surface area contributed by atoms with Crippen LogP contribution in [0, 0.1) is 11.3 Å². The zero-order valence-electron chi connectivity index (χ0n) is 37.1. The van der Waals surface area contributed by atoms with E-state index in [0.717, 1.165) is 94.6 Å². The van der Waals surface area contributed by atoms with E-state index in [9.17, 15) is 19.2 Å². The SMILES string of the molecule is COC(=O)N[C@H](C(=O)N1C2CCC(C2)C1c1ncc(-c2ccc(-c3ccc4cc(-c5cnc([C@@H]6CC7(CC7)CN6C(=O)[C@@H](NC(=O)OC)C(C)OC)[nH]5)ccc4c3)cc2)[nH]1)C(C)OC. The van der Waals surface area contributed by atoms with E-state index in [2.05, 4.69) is 81.3 Å². The number of alkyl carbamates (subject to hydrolysis) is 2. The molecule has 2 bridgehead atoms. The third-order valence-electron chi connectivity index (χ3n) is 14.2. The molecule has 16 nitrogen and oxygen atoms in total. The number of piperidine rings is 1. The maximum atomic E-state index is 14.1. The molecule has 8 atom stereocenters. The summed E-state index contributed by atoms with van der Waals surface area (Å²) in [4.78, 5) is 72.8. The first-order valence-electron chi connectivity index (χ1n) is 22.0. The highest BCUT2D eigenvalue weighted by molar-refractivity contribution is 5.91. The van der Waals surface area contributed by atoms with E-state index in [1.54, 1.807) is 13.8 Å². The lowest BCUT2D eigenvalue weighted by Gasteiger charge is -2.37. The minimum Gasteiger partial charge on any atom is -0.453 e. The van der Waals surface area contributed by atoms with Crippen molar-refractivity contribution in [1.29, 1.82) is 0 Å². The van der Waals surface area contributed by atoms with E-state index >= 15 is 0 Å². The van der Waals surface area contributed by atoms with Crippen molar-refractivity contribution >= 4 is 34.8 Å². The van der Waals surface area contributed by atoms with Gasteiger partial charge in [0.25, 0.3) is 0 Å². The number of likely N-dealkylation sites (tertiary alicyclic amines) is 2. The van der Waals surface area contributed by atoms with Crippen molar-refractivity contribution in [3.63, 3.8) is 0 Å². The Labute approximate surface area is 371 Å². The van der Waals surface area contributed by atoms with Crippen LogP contribution in [0.3, 0.4) is 0 Å². The molecule has 336 valence electrons. The number of imidazole rings is 2. The second kappa shape index (κ2) is 17.4. The fraction of sp³-hybridized carbons (Fsp3) is 0.458. The summed E-state index contributed by atoms with van der Waals surface area (Å²) in [5.41, 5.74) is 5.91. The average molecular weight is 873 g/mol. The number of H-pyrrole nitrogens is 2. The number of methoxy groups -OCH3 is 4. The number of benzene rings is 3. The molecule has 2 saturated heterocycles. The van der Waals surface area contributed by atoms with Crippen LogP contribution in [0.4, 0.5) is 9.59 Å². The van der Waals surface area contributed by atoms with Crippen molar-refractivity contribution in [1.82, 2.24) is 40.4 Å². The van der Waals surface area contributed by atoms with Crippen LogP contribution >= 0.6 is 0 Å². The van der Waals surface area contributed by atoms with E-state index in [4.69, 9.17) is 28.9 Å². The molecular weight excluding hydrogens is 817 g/mol. The number of aromatic nitrogens is 4. The zero-order chi connectivity index (χ0) is 44.9. The second-order valence-corrected chi connectivity index (χ2v) is 17.9. The molecule has 5 aromatic rings. The number of hydrogen-bond donors (Lipinski definition) is 4. The molecule has 5 unspecified atom stereocenters. The van der Waals surface area contributed by atoms with E-state index in [0.29, 0.717) is 6.54 Å². The maximum absolute atomic E-state index is 14.1. The third-order valence-corrected chi connectivity index (χ3v) is 14.2. The predicted molar refractivity (Wildman–Crippen MR) is 238 cm³/mol. The fourth-order valence-electron chi connectivity index (χ4n) is 10.2. The van der Waals surface area contributed by atoms with Crippen molar-refractivity contribution in [2.45, 2.75) is 94.8 Å². The van der Waals surface area contributed by atoms with Crippen molar-refractivity contribution in [2.24, 2.45) is 11.3 Å². The number of amides is 4. The molecule has 3 aromatic carbocycles. The van der Waals surface area contributed by atoms with Crippen LogP contribution in [0.15, 0.2) is 73.1 Å². The number of carbonyl (C=O) groups is 4. The summed E-state index contributed by atoms with van der Waals surface area (Å²) >= 11 is 0. The summed E-state index contributed by atoms with van der Waals surface area (Å²) in [5.74, 6) is 1.31. The molecule has 2 aromatic heterocycles. The molecule has 1 spiro atoms. The van der Waals surface area contributed by atoms with Gasteiger partial charge in [0.1, 0.15) is 23.7 Å². The lowest BCUT2D eigenvalue weighted by molar-refractivity contribution is -0.141. The Morgan fingerprint density at radius 1 is 0.703 bits per heavy atom. The van der Waals surface area contributed by atoms with Crippen LogP contribution < -0.4 is 10.6 Å². The van der Waals surface area contributed by atoms with Crippen LogP contribution in [0.5, 0.6) is 0 Å². The quantitative estimate of drug-likeness (QED) is 0.0966. The summed E-state index contributed by atoms with van der Waals surface area (Å²) in [6.45, 7) is 4.12. The topological polar surface area (TPSA) is 193 Å². The van der Waals surface area contributed by atoms with Gasteiger partial charge in [-0.1, -0.05) is 48.5 Å². The highest BCUT2D eigenvalue weighted by Gasteiger charge is 2.56. The minimum absolute atomic E-state index is 0.0684. The summed E-state index contributed by atoms with van der Waals surface area (Å²) in [6, 6.07) is 18.9. The van der Waals surface area contributed by atoms with Crippen molar-refractivity contribution < 1.29 is 38.1 Å². The second-order valence-electron chi connectivity index (χ2n) is 17.9. The molecule has 64 heavy (non-hydrogen) atoms. The van der Waals surface area contributed by atoms with Crippen molar-refractivity contribution in [2.75, 3.05) is 35.0 Å². The standard InChI is InChI=1S/C48H56N8O8/c1-26(61-3)39(53-46(59)63-5)44(57)55-25-48(17-18-48)22-38(55)42-49-24-37(51-42)33-14-13-31-19-30(11-12-32(31)20-33)28-7-9-29(10-8-28)36-23-50-43(52-36)41-34-15-16-35(21-34)56(41)45(58)40(27(2)62-4)54-47(60)64-6/h7-14,19-20,23-24,26-27,34-35,38-41H,15-18,21-22,25H2,1-6H3,(H,49,51)(H,50,52)(H,53,59)(H,54,60)/t26?,27?,34?,35?,38-,39-,40-,41?/m0/s1.